The van der Waals surface area contributed by atoms with Crippen molar-refractivity contribution >= 4 is 17.3 Å². The van der Waals surface area contributed by atoms with Gasteiger partial charge in [-0.25, -0.2) is 0 Å². The fourth-order valence-electron chi connectivity index (χ4n) is 3.01. The standard InChI is InChI=1S/C18H18F3N3O2/c19-18(20,21)13-7-8-15(23-9-3-1-4-10-23)14(12-13)22-17(25)16-6-2-5-11-24(16)26/h2,5-8,11-12H,1,3-4,9-10H2,(H,22,25). The molecule has 1 aliphatic heterocycles. The van der Waals surface area contributed by atoms with Crippen molar-refractivity contribution in [3.63, 3.8) is 0 Å². The zero-order valence-corrected chi connectivity index (χ0v) is 13.9. The normalized spacial score (nSPS) is 15.0. The van der Waals surface area contributed by atoms with Gasteiger partial charge in [-0.1, -0.05) is 0 Å². The summed E-state index contributed by atoms with van der Waals surface area (Å²) in [7, 11) is 0. The van der Waals surface area contributed by atoms with Crippen LogP contribution in [0, 0.1) is 5.21 Å². The van der Waals surface area contributed by atoms with E-state index in [4.69, 9.17) is 0 Å². The predicted molar refractivity (Wildman–Crippen MR) is 90.9 cm³/mol. The van der Waals surface area contributed by atoms with Crippen LogP contribution >= 0.6 is 0 Å². The molecule has 1 fully saturated rings. The number of pyridine rings is 1. The minimum atomic E-state index is -4.52. The van der Waals surface area contributed by atoms with E-state index in [0.717, 1.165) is 37.6 Å². The second kappa shape index (κ2) is 7.23. The van der Waals surface area contributed by atoms with Crippen LogP contribution in [0.1, 0.15) is 35.3 Å². The second-order valence-electron chi connectivity index (χ2n) is 6.14. The van der Waals surface area contributed by atoms with Crippen LogP contribution in [0.5, 0.6) is 0 Å². The van der Waals surface area contributed by atoms with Gasteiger partial charge in [0, 0.05) is 25.2 Å². The summed E-state index contributed by atoms with van der Waals surface area (Å²) in [5, 5.41) is 14.2. The molecule has 2 aromatic rings. The fourth-order valence-corrected chi connectivity index (χ4v) is 3.01. The summed E-state index contributed by atoms with van der Waals surface area (Å²) in [5.74, 6) is -0.752. The monoisotopic (exact) mass is 365 g/mol. The third-order valence-corrected chi connectivity index (χ3v) is 4.33. The number of rotatable bonds is 3. The largest absolute Gasteiger partial charge is 0.618 e. The van der Waals surface area contributed by atoms with E-state index in [-0.39, 0.29) is 11.4 Å². The average Bonchev–Trinajstić information content (AvgIpc) is 2.62. The summed E-state index contributed by atoms with van der Waals surface area (Å²) in [4.78, 5) is 14.4. The maximum absolute atomic E-state index is 13.1. The molecule has 3 rings (SSSR count). The van der Waals surface area contributed by atoms with Crippen LogP contribution in [0.25, 0.3) is 0 Å². The Balaban J connectivity index is 1.96. The lowest BCUT2D eigenvalue weighted by Crippen LogP contribution is -2.36. The number of nitrogens with one attached hydrogen (secondary N) is 1. The first-order valence-corrected chi connectivity index (χ1v) is 8.32. The lowest BCUT2D eigenvalue weighted by Gasteiger charge is -2.31. The van der Waals surface area contributed by atoms with E-state index in [1.54, 1.807) is 0 Å². The van der Waals surface area contributed by atoms with Crippen molar-refractivity contribution in [2.75, 3.05) is 23.3 Å². The topological polar surface area (TPSA) is 59.3 Å². The molecular formula is C18H18F3N3O2. The molecule has 0 atom stereocenters. The Kier molecular flexibility index (Phi) is 5.01. The van der Waals surface area contributed by atoms with E-state index in [1.165, 1.54) is 24.3 Å². The Morgan fingerprint density at radius 3 is 2.50 bits per heavy atom. The second-order valence-corrected chi connectivity index (χ2v) is 6.14. The molecule has 0 radical (unpaired) electrons. The number of nitrogens with zero attached hydrogens (tertiary/aromatic N) is 2. The number of alkyl halides is 3. The highest BCUT2D eigenvalue weighted by atomic mass is 19.4. The molecule has 1 saturated heterocycles. The molecule has 26 heavy (non-hydrogen) atoms. The molecule has 1 amide bonds. The molecule has 1 aliphatic rings. The van der Waals surface area contributed by atoms with Crippen LogP contribution in [0.15, 0.2) is 42.6 Å². The summed E-state index contributed by atoms with van der Waals surface area (Å²) in [6, 6.07) is 7.60. The smallest absolute Gasteiger partial charge is 0.416 e. The third-order valence-electron chi connectivity index (χ3n) is 4.33. The minimum absolute atomic E-state index is 0.0515. The number of piperidine rings is 1. The fraction of sp³-hybridized carbons (Fsp3) is 0.333. The number of aromatic nitrogens is 1. The molecule has 8 heteroatoms. The van der Waals surface area contributed by atoms with Crippen molar-refractivity contribution in [3.8, 4) is 0 Å². The minimum Gasteiger partial charge on any atom is -0.618 e. The lowest BCUT2D eigenvalue weighted by atomic mass is 10.1. The van der Waals surface area contributed by atoms with Crippen LogP contribution in [-0.4, -0.2) is 19.0 Å². The molecule has 1 aromatic carbocycles. The van der Waals surface area contributed by atoms with Crippen LogP contribution in [-0.2, 0) is 6.18 Å². The summed E-state index contributed by atoms with van der Waals surface area (Å²) in [6.45, 7) is 1.42. The molecule has 5 nitrogen and oxygen atoms in total. The van der Waals surface area contributed by atoms with Gasteiger partial charge >= 0.3 is 12.1 Å². The van der Waals surface area contributed by atoms with Crippen molar-refractivity contribution in [3.05, 3.63) is 59.1 Å². The van der Waals surface area contributed by atoms with E-state index in [0.29, 0.717) is 23.5 Å². The van der Waals surface area contributed by atoms with Crippen LogP contribution in [0.3, 0.4) is 0 Å². The first-order chi connectivity index (χ1) is 12.4. The number of amides is 1. The van der Waals surface area contributed by atoms with Crippen LogP contribution < -0.4 is 14.9 Å². The number of benzene rings is 1. The number of hydrogen-bond donors (Lipinski definition) is 1. The first kappa shape index (κ1) is 18.0. The zero-order chi connectivity index (χ0) is 18.7. The van der Waals surface area contributed by atoms with E-state index >= 15 is 0 Å². The number of anilines is 2. The third kappa shape index (κ3) is 3.89. The molecule has 0 saturated carbocycles. The number of carbonyl (C=O) groups is 1. The van der Waals surface area contributed by atoms with Crippen molar-refractivity contribution in [1.29, 1.82) is 0 Å². The van der Waals surface area contributed by atoms with E-state index < -0.39 is 17.6 Å². The van der Waals surface area contributed by atoms with Crippen LogP contribution in [0.2, 0.25) is 0 Å². The van der Waals surface area contributed by atoms with Gasteiger partial charge in [-0.3, -0.25) is 4.79 Å². The Bertz CT molecular complexity index is 803. The molecule has 0 unspecified atom stereocenters. The Morgan fingerprint density at radius 1 is 1.12 bits per heavy atom. The van der Waals surface area contributed by atoms with Gasteiger partial charge in [-0.2, -0.15) is 17.9 Å². The van der Waals surface area contributed by atoms with Crippen molar-refractivity contribution in [2.45, 2.75) is 25.4 Å². The van der Waals surface area contributed by atoms with E-state index in [1.807, 2.05) is 4.90 Å². The molecule has 1 aromatic heterocycles. The van der Waals surface area contributed by atoms with E-state index in [9.17, 15) is 23.2 Å². The average molecular weight is 365 g/mol. The highest BCUT2D eigenvalue weighted by Gasteiger charge is 2.32. The van der Waals surface area contributed by atoms with Gasteiger partial charge in [0.1, 0.15) is 0 Å². The molecular weight excluding hydrogens is 347 g/mol. The van der Waals surface area contributed by atoms with E-state index in [2.05, 4.69) is 5.32 Å². The Hall–Kier alpha value is -2.77. The highest BCUT2D eigenvalue weighted by molar-refractivity contribution is 6.03. The quantitative estimate of drug-likeness (QED) is 0.668. The molecule has 0 aliphatic carbocycles. The highest BCUT2D eigenvalue weighted by Crippen LogP contribution is 2.36. The summed E-state index contributed by atoms with van der Waals surface area (Å²) in [6.07, 6.45) is -0.419. The molecule has 1 N–H and O–H groups in total. The molecule has 0 bridgehead atoms. The van der Waals surface area contributed by atoms with Gasteiger partial charge in [-0.15, -0.1) is 0 Å². The lowest BCUT2D eigenvalue weighted by molar-refractivity contribution is -0.607. The number of halogens is 3. The Labute approximate surface area is 148 Å². The maximum atomic E-state index is 13.1. The van der Waals surface area contributed by atoms with Gasteiger partial charge in [0.25, 0.3) is 5.69 Å². The predicted octanol–water partition coefficient (Wildman–Crippen LogP) is 3.58. The SMILES string of the molecule is O=C(Nc1cc(C(F)(F)F)ccc1N1CCCCC1)c1cccc[n+]1[O-]. The number of hydrogen-bond acceptors (Lipinski definition) is 3. The molecule has 2 heterocycles. The first-order valence-electron chi connectivity index (χ1n) is 8.32. The van der Waals surface area contributed by atoms with Gasteiger partial charge in [0.2, 0.25) is 0 Å². The summed E-state index contributed by atoms with van der Waals surface area (Å²) < 4.78 is 39.6. The maximum Gasteiger partial charge on any atom is 0.416 e. The van der Waals surface area contributed by atoms with Gasteiger partial charge in [0.05, 0.1) is 16.9 Å². The number of carbonyl (C=O) groups excluding carboxylic acids is 1. The van der Waals surface area contributed by atoms with Crippen molar-refractivity contribution in [1.82, 2.24) is 0 Å². The van der Waals surface area contributed by atoms with Gasteiger partial charge < -0.3 is 15.4 Å². The van der Waals surface area contributed by atoms with Gasteiger partial charge in [0.15, 0.2) is 6.20 Å². The van der Waals surface area contributed by atoms with Crippen molar-refractivity contribution in [2.24, 2.45) is 0 Å². The summed E-state index contributed by atoms with van der Waals surface area (Å²) in [5.41, 5.74) is -0.457. The summed E-state index contributed by atoms with van der Waals surface area (Å²) >= 11 is 0. The zero-order valence-electron chi connectivity index (χ0n) is 13.9. The van der Waals surface area contributed by atoms with Crippen molar-refractivity contribution < 1.29 is 22.7 Å². The molecule has 138 valence electrons. The molecule has 0 spiro atoms. The van der Waals surface area contributed by atoms with Crippen LogP contribution in [0.4, 0.5) is 24.5 Å². The van der Waals surface area contributed by atoms with Gasteiger partial charge in [-0.05, 0) is 43.5 Å². The Morgan fingerprint density at radius 2 is 1.85 bits per heavy atom.